The monoisotopic (exact) mass is 386 g/mol. The molecule has 6 heteroatoms. The Morgan fingerprint density at radius 3 is 2.64 bits per heavy atom. The highest BCUT2D eigenvalue weighted by Gasteiger charge is 2.13. The summed E-state index contributed by atoms with van der Waals surface area (Å²) in [6.07, 6.45) is 1.11. The van der Waals surface area contributed by atoms with Gasteiger partial charge in [0.15, 0.2) is 5.76 Å². The number of rotatable bonds is 9. The molecule has 0 radical (unpaired) electrons. The Morgan fingerprint density at radius 1 is 1.18 bits per heavy atom. The van der Waals surface area contributed by atoms with Gasteiger partial charge in [0.25, 0.3) is 5.91 Å². The number of carbonyl (C=O) groups is 1. The van der Waals surface area contributed by atoms with Crippen LogP contribution in [0.25, 0.3) is 0 Å². The first-order valence-electron chi connectivity index (χ1n) is 10.1. The van der Waals surface area contributed by atoms with Crippen LogP contribution in [0.5, 0.6) is 5.75 Å². The average Bonchev–Trinajstić information content (AvgIpc) is 3.22. The maximum atomic E-state index is 12.2. The van der Waals surface area contributed by atoms with E-state index in [9.17, 15) is 4.79 Å². The molecule has 1 aromatic heterocycles. The first-order valence-corrected chi connectivity index (χ1v) is 10.1. The van der Waals surface area contributed by atoms with E-state index >= 15 is 0 Å². The lowest BCUT2D eigenvalue weighted by molar-refractivity contribution is 0.0382. The zero-order valence-electron chi connectivity index (χ0n) is 16.8. The SMILES string of the molecule is CCC(C)c1ccc(OCc2ccc(C(=O)NCCN3CCOCC3)o2)cc1. The van der Waals surface area contributed by atoms with Crippen molar-refractivity contribution in [2.45, 2.75) is 32.8 Å². The van der Waals surface area contributed by atoms with Crippen LogP contribution >= 0.6 is 0 Å². The largest absolute Gasteiger partial charge is 0.486 e. The molecule has 1 aliphatic rings. The van der Waals surface area contributed by atoms with Crippen molar-refractivity contribution in [3.8, 4) is 5.75 Å². The Balaban J connectivity index is 1.42. The summed E-state index contributed by atoms with van der Waals surface area (Å²) < 4.78 is 16.7. The summed E-state index contributed by atoms with van der Waals surface area (Å²) in [6.45, 7) is 9.45. The molecule has 0 bridgehead atoms. The van der Waals surface area contributed by atoms with E-state index in [1.54, 1.807) is 12.1 Å². The van der Waals surface area contributed by atoms with Gasteiger partial charge in [-0.05, 0) is 42.2 Å². The van der Waals surface area contributed by atoms with Crippen molar-refractivity contribution in [3.05, 3.63) is 53.5 Å². The zero-order valence-corrected chi connectivity index (χ0v) is 16.8. The second-order valence-electron chi connectivity index (χ2n) is 7.14. The maximum absolute atomic E-state index is 12.2. The van der Waals surface area contributed by atoms with Crippen molar-refractivity contribution in [3.63, 3.8) is 0 Å². The molecule has 1 aromatic carbocycles. The van der Waals surface area contributed by atoms with E-state index in [0.29, 0.717) is 30.6 Å². The zero-order chi connectivity index (χ0) is 19.8. The molecule has 6 nitrogen and oxygen atoms in total. The molecule has 2 heterocycles. The van der Waals surface area contributed by atoms with Gasteiger partial charge in [-0.1, -0.05) is 26.0 Å². The van der Waals surface area contributed by atoms with E-state index < -0.39 is 0 Å². The Labute approximate surface area is 166 Å². The molecule has 28 heavy (non-hydrogen) atoms. The Kier molecular flexibility index (Phi) is 7.51. The molecular weight excluding hydrogens is 356 g/mol. The van der Waals surface area contributed by atoms with Crippen molar-refractivity contribution in [1.82, 2.24) is 10.2 Å². The fraction of sp³-hybridized carbons (Fsp3) is 0.500. The fourth-order valence-electron chi connectivity index (χ4n) is 3.10. The van der Waals surface area contributed by atoms with Crippen molar-refractivity contribution >= 4 is 5.91 Å². The molecule has 1 fully saturated rings. The van der Waals surface area contributed by atoms with Gasteiger partial charge in [-0.25, -0.2) is 0 Å². The minimum Gasteiger partial charge on any atom is -0.486 e. The lowest BCUT2D eigenvalue weighted by atomic mass is 9.99. The molecule has 0 saturated carbocycles. The van der Waals surface area contributed by atoms with Crippen molar-refractivity contribution in [2.75, 3.05) is 39.4 Å². The van der Waals surface area contributed by atoms with E-state index in [-0.39, 0.29) is 5.91 Å². The van der Waals surface area contributed by atoms with Crippen molar-refractivity contribution in [2.24, 2.45) is 0 Å². The quantitative estimate of drug-likeness (QED) is 0.715. The molecule has 2 aromatic rings. The number of furan rings is 1. The third-order valence-electron chi connectivity index (χ3n) is 5.15. The van der Waals surface area contributed by atoms with Gasteiger partial charge < -0.3 is 19.2 Å². The predicted octanol–water partition coefficient (Wildman–Crippen LogP) is 3.43. The first kappa shape index (κ1) is 20.4. The molecule has 1 aliphatic heterocycles. The molecule has 1 N–H and O–H groups in total. The van der Waals surface area contributed by atoms with Gasteiger partial charge in [-0.3, -0.25) is 9.69 Å². The number of nitrogens with zero attached hydrogens (tertiary/aromatic N) is 1. The number of hydrogen-bond donors (Lipinski definition) is 1. The van der Waals surface area contributed by atoms with Gasteiger partial charge in [0.1, 0.15) is 18.1 Å². The predicted molar refractivity (Wildman–Crippen MR) is 108 cm³/mol. The van der Waals surface area contributed by atoms with Crippen molar-refractivity contribution in [1.29, 1.82) is 0 Å². The molecule has 0 spiro atoms. The normalized spacial score (nSPS) is 15.9. The number of benzene rings is 1. The van der Waals surface area contributed by atoms with E-state index in [0.717, 1.165) is 45.0 Å². The van der Waals surface area contributed by atoms with Crippen LogP contribution in [0.3, 0.4) is 0 Å². The molecule has 1 amide bonds. The van der Waals surface area contributed by atoms with Gasteiger partial charge in [0.2, 0.25) is 0 Å². The number of morpholine rings is 1. The summed E-state index contributed by atoms with van der Waals surface area (Å²) in [6, 6.07) is 11.6. The summed E-state index contributed by atoms with van der Waals surface area (Å²) in [7, 11) is 0. The van der Waals surface area contributed by atoms with Crippen LogP contribution in [-0.4, -0.2) is 50.2 Å². The highest BCUT2D eigenvalue weighted by Crippen LogP contribution is 2.22. The second kappa shape index (κ2) is 10.3. The minimum absolute atomic E-state index is 0.197. The van der Waals surface area contributed by atoms with Gasteiger partial charge in [-0.15, -0.1) is 0 Å². The summed E-state index contributed by atoms with van der Waals surface area (Å²) in [5.74, 6) is 2.08. The highest BCUT2D eigenvalue weighted by molar-refractivity contribution is 5.91. The van der Waals surface area contributed by atoms with Crippen LogP contribution in [0.15, 0.2) is 40.8 Å². The first-order chi connectivity index (χ1) is 13.7. The van der Waals surface area contributed by atoms with Crippen LogP contribution in [0, 0.1) is 0 Å². The standard InChI is InChI=1S/C22H30N2O4/c1-3-17(2)18-4-6-19(7-5-18)27-16-20-8-9-21(28-20)22(25)23-10-11-24-12-14-26-15-13-24/h4-9,17H,3,10-16H2,1-2H3,(H,23,25). The van der Waals surface area contributed by atoms with Gasteiger partial charge in [-0.2, -0.15) is 0 Å². The molecule has 0 aliphatic carbocycles. The summed E-state index contributed by atoms with van der Waals surface area (Å²) in [4.78, 5) is 14.5. The Morgan fingerprint density at radius 2 is 1.93 bits per heavy atom. The van der Waals surface area contributed by atoms with E-state index in [4.69, 9.17) is 13.9 Å². The maximum Gasteiger partial charge on any atom is 0.287 e. The highest BCUT2D eigenvalue weighted by atomic mass is 16.5. The minimum atomic E-state index is -0.197. The number of ether oxygens (including phenoxy) is 2. The third kappa shape index (κ3) is 5.84. The smallest absolute Gasteiger partial charge is 0.287 e. The Bertz CT molecular complexity index is 735. The number of nitrogens with one attached hydrogen (secondary N) is 1. The summed E-state index contributed by atoms with van der Waals surface area (Å²) in [5.41, 5.74) is 1.31. The lowest BCUT2D eigenvalue weighted by Gasteiger charge is -2.26. The van der Waals surface area contributed by atoms with E-state index in [1.165, 1.54) is 5.56 Å². The van der Waals surface area contributed by atoms with Crippen LogP contribution in [0.4, 0.5) is 0 Å². The van der Waals surface area contributed by atoms with Crippen LogP contribution in [0.2, 0.25) is 0 Å². The third-order valence-corrected chi connectivity index (χ3v) is 5.15. The second-order valence-corrected chi connectivity index (χ2v) is 7.14. The molecular formula is C22H30N2O4. The van der Waals surface area contributed by atoms with Gasteiger partial charge in [0, 0.05) is 26.2 Å². The van der Waals surface area contributed by atoms with Gasteiger partial charge in [0.05, 0.1) is 13.2 Å². The Hall–Kier alpha value is -2.31. The molecule has 1 atom stereocenters. The van der Waals surface area contributed by atoms with Crippen LogP contribution in [-0.2, 0) is 11.3 Å². The van der Waals surface area contributed by atoms with Crippen LogP contribution < -0.4 is 10.1 Å². The summed E-state index contributed by atoms with van der Waals surface area (Å²) in [5, 5.41) is 2.90. The molecule has 3 rings (SSSR count). The van der Waals surface area contributed by atoms with Crippen molar-refractivity contribution < 1.29 is 18.7 Å². The number of hydrogen-bond acceptors (Lipinski definition) is 5. The average molecular weight is 386 g/mol. The van der Waals surface area contributed by atoms with Gasteiger partial charge >= 0.3 is 0 Å². The fourth-order valence-corrected chi connectivity index (χ4v) is 3.10. The molecule has 152 valence electrons. The molecule has 1 saturated heterocycles. The number of carbonyl (C=O) groups excluding carboxylic acids is 1. The summed E-state index contributed by atoms with van der Waals surface area (Å²) >= 11 is 0. The van der Waals surface area contributed by atoms with E-state index in [2.05, 4.69) is 36.2 Å². The molecule has 1 unspecified atom stereocenters. The van der Waals surface area contributed by atoms with Crippen LogP contribution in [0.1, 0.15) is 48.1 Å². The lowest BCUT2D eigenvalue weighted by Crippen LogP contribution is -2.41. The number of amides is 1. The topological polar surface area (TPSA) is 63.9 Å². The van der Waals surface area contributed by atoms with E-state index in [1.807, 2.05) is 12.1 Å².